The molecule has 0 saturated carbocycles. The summed E-state index contributed by atoms with van der Waals surface area (Å²) in [6, 6.07) is -0.837. The number of sulfonamides is 1. The first-order chi connectivity index (χ1) is 10.9. The van der Waals surface area contributed by atoms with Gasteiger partial charge in [-0.05, 0) is 19.3 Å². The Morgan fingerprint density at radius 3 is 2.78 bits per heavy atom. The standard InChI is InChI=1S/C13H18N2O6S2/c1-20-10-8(12(17)21-2)7-22-13(10)23(18,19)15-9-5-3-4-6-14-11(9)16/h7,9,15H,3-6H2,1-2H3,(H,14,16)/t9-/m1/s1. The minimum Gasteiger partial charge on any atom is -0.494 e. The highest BCUT2D eigenvalue weighted by Crippen LogP contribution is 2.35. The highest BCUT2D eigenvalue weighted by molar-refractivity contribution is 7.91. The maximum absolute atomic E-state index is 12.5. The Bertz CT molecular complexity index is 697. The molecule has 0 radical (unpaired) electrons. The zero-order valence-electron chi connectivity index (χ0n) is 12.7. The SMILES string of the molecule is COC(=O)c1csc(S(=O)(=O)N[C@@H]2CCCCNC2=O)c1OC. The van der Waals surface area contributed by atoms with Crippen molar-refractivity contribution in [2.75, 3.05) is 20.8 Å². The van der Waals surface area contributed by atoms with Gasteiger partial charge in [-0.2, -0.15) is 4.72 Å². The molecule has 2 rings (SSSR count). The van der Waals surface area contributed by atoms with Gasteiger partial charge < -0.3 is 14.8 Å². The number of hydrogen-bond donors (Lipinski definition) is 2. The van der Waals surface area contributed by atoms with Crippen LogP contribution < -0.4 is 14.8 Å². The van der Waals surface area contributed by atoms with Crippen molar-refractivity contribution in [2.24, 2.45) is 0 Å². The van der Waals surface area contributed by atoms with Gasteiger partial charge in [-0.15, -0.1) is 11.3 Å². The molecule has 0 spiro atoms. The van der Waals surface area contributed by atoms with Crippen molar-refractivity contribution in [3.8, 4) is 5.75 Å². The predicted molar refractivity (Wildman–Crippen MR) is 83.2 cm³/mol. The molecule has 8 nitrogen and oxygen atoms in total. The average Bonchev–Trinajstić information content (AvgIpc) is 2.87. The van der Waals surface area contributed by atoms with Crippen LogP contribution >= 0.6 is 11.3 Å². The van der Waals surface area contributed by atoms with Crippen LogP contribution in [-0.4, -0.2) is 47.1 Å². The van der Waals surface area contributed by atoms with Crippen molar-refractivity contribution in [3.05, 3.63) is 10.9 Å². The summed E-state index contributed by atoms with van der Waals surface area (Å²) in [6.07, 6.45) is 1.96. The lowest BCUT2D eigenvalue weighted by Crippen LogP contribution is -2.45. The predicted octanol–water partition coefficient (Wildman–Crippen LogP) is 0.490. The first kappa shape index (κ1) is 17.7. The van der Waals surface area contributed by atoms with Gasteiger partial charge in [0.25, 0.3) is 10.0 Å². The monoisotopic (exact) mass is 362 g/mol. The molecule has 1 aromatic heterocycles. The Kier molecular flexibility index (Phi) is 5.60. The van der Waals surface area contributed by atoms with Gasteiger partial charge >= 0.3 is 5.97 Å². The third-order valence-electron chi connectivity index (χ3n) is 3.40. The molecule has 10 heteroatoms. The summed E-state index contributed by atoms with van der Waals surface area (Å²) in [5, 5.41) is 4.02. The molecule has 1 saturated heterocycles. The average molecular weight is 362 g/mol. The number of carbonyl (C=O) groups excluding carboxylic acids is 2. The van der Waals surface area contributed by atoms with E-state index in [9.17, 15) is 18.0 Å². The number of ether oxygens (including phenoxy) is 2. The lowest BCUT2D eigenvalue weighted by molar-refractivity contribution is -0.122. The van der Waals surface area contributed by atoms with Gasteiger partial charge in [-0.3, -0.25) is 4.79 Å². The highest BCUT2D eigenvalue weighted by atomic mass is 32.2. The molecule has 0 aromatic carbocycles. The first-order valence-corrected chi connectivity index (χ1v) is 9.31. The third-order valence-corrected chi connectivity index (χ3v) is 6.37. The van der Waals surface area contributed by atoms with Gasteiger partial charge in [-0.1, -0.05) is 0 Å². The number of carbonyl (C=O) groups is 2. The molecule has 0 bridgehead atoms. The second kappa shape index (κ2) is 7.28. The van der Waals surface area contributed by atoms with Crippen molar-refractivity contribution in [1.29, 1.82) is 0 Å². The molecule has 2 heterocycles. The van der Waals surface area contributed by atoms with Gasteiger partial charge in [0.1, 0.15) is 11.6 Å². The second-order valence-electron chi connectivity index (χ2n) is 4.92. The molecule has 1 fully saturated rings. The van der Waals surface area contributed by atoms with E-state index < -0.39 is 22.0 Å². The summed E-state index contributed by atoms with van der Waals surface area (Å²) < 4.78 is 37.0. The van der Waals surface area contributed by atoms with Crippen LogP contribution in [0.15, 0.2) is 9.59 Å². The van der Waals surface area contributed by atoms with E-state index in [4.69, 9.17) is 4.74 Å². The minimum atomic E-state index is -4.00. The van der Waals surface area contributed by atoms with Crippen molar-refractivity contribution < 1.29 is 27.5 Å². The van der Waals surface area contributed by atoms with Crippen LogP contribution in [0.2, 0.25) is 0 Å². The lowest BCUT2D eigenvalue weighted by atomic mass is 10.1. The van der Waals surface area contributed by atoms with Gasteiger partial charge in [-0.25, -0.2) is 13.2 Å². The lowest BCUT2D eigenvalue weighted by Gasteiger charge is -2.15. The van der Waals surface area contributed by atoms with Crippen molar-refractivity contribution in [1.82, 2.24) is 10.0 Å². The number of nitrogens with one attached hydrogen (secondary N) is 2. The Morgan fingerprint density at radius 2 is 2.13 bits per heavy atom. The normalized spacial score (nSPS) is 18.9. The van der Waals surface area contributed by atoms with Crippen LogP contribution in [0.3, 0.4) is 0 Å². The van der Waals surface area contributed by atoms with E-state index in [2.05, 4.69) is 14.8 Å². The maximum atomic E-state index is 12.5. The number of amides is 1. The summed E-state index contributed by atoms with van der Waals surface area (Å²) >= 11 is 0.838. The van der Waals surface area contributed by atoms with E-state index in [-0.39, 0.29) is 21.4 Å². The van der Waals surface area contributed by atoms with E-state index in [1.165, 1.54) is 19.6 Å². The molecule has 1 amide bonds. The Morgan fingerprint density at radius 1 is 1.39 bits per heavy atom. The molecule has 2 N–H and O–H groups in total. The van der Waals surface area contributed by atoms with Crippen LogP contribution in [-0.2, 0) is 19.6 Å². The summed E-state index contributed by atoms with van der Waals surface area (Å²) in [6.45, 7) is 0.534. The molecular weight excluding hydrogens is 344 g/mol. The maximum Gasteiger partial charge on any atom is 0.342 e. The van der Waals surface area contributed by atoms with E-state index >= 15 is 0 Å². The third kappa shape index (κ3) is 3.82. The summed E-state index contributed by atoms with van der Waals surface area (Å²) in [5.41, 5.74) is 0.0330. The fourth-order valence-electron chi connectivity index (χ4n) is 2.25. The quantitative estimate of drug-likeness (QED) is 0.738. The number of methoxy groups -OCH3 is 2. The van der Waals surface area contributed by atoms with Crippen LogP contribution in [0.1, 0.15) is 29.6 Å². The van der Waals surface area contributed by atoms with Gasteiger partial charge in [0.2, 0.25) is 5.91 Å². The first-order valence-electron chi connectivity index (χ1n) is 6.94. The summed E-state index contributed by atoms with van der Waals surface area (Å²) in [5.74, 6) is -1.12. The molecule has 1 aliphatic heterocycles. The zero-order chi connectivity index (χ0) is 17.0. The van der Waals surface area contributed by atoms with Crippen LogP contribution in [0.25, 0.3) is 0 Å². The van der Waals surface area contributed by atoms with Gasteiger partial charge in [0.15, 0.2) is 9.96 Å². The number of hydrogen-bond acceptors (Lipinski definition) is 7. The van der Waals surface area contributed by atoms with E-state index in [0.29, 0.717) is 13.0 Å². The van der Waals surface area contributed by atoms with E-state index in [1.807, 2.05) is 0 Å². The summed E-state index contributed by atoms with van der Waals surface area (Å²) in [4.78, 5) is 23.5. The number of esters is 1. The molecule has 23 heavy (non-hydrogen) atoms. The summed E-state index contributed by atoms with van der Waals surface area (Å²) in [7, 11) is -1.53. The Hall–Kier alpha value is -1.65. The molecule has 1 aliphatic rings. The largest absolute Gasteiger partial charge is 0.494 e. The Labute approximate surface area is 138 Å². The van der Waals surface area contributed by atoms with Gasteiger partial charge in [0.05, 0.1) is 14.2 Å². The number of thiophene rings is 1. The fraction of sp³-hybridized carbons (Fsp3) is 0.538. The van der Waals surface area contributed by atoms with Crippen LogP contribution in [0.4, 0.5) is 0 Å². The molecular formula is C13H18N2O6S2. The van der Waals surface area contributed by atoms with Crippen molar-refractivity contribution in [2.45, 2.75) is 29.5 Å². The smallest absolute Gasteiger partial charge is 0.342 e. The Balaban J connectivity index is 2.30. The molecule has 128 valence electrons. The molecule has 0 aliphatic carbocycles. The van der Waals surface area contributed by atoms with Gasteiger partial charge in [0, 0.05) is 11.9 Å². The topological polar surface area (TPSA) is 111 Å². The molecule has 1 aromatic rings. The van der Waals surface area contributed by atoms with Crippen molar-refractivity contribution in [3.63, 3.8) is 0 Å². The minimum absolute atomic E-state index is 0.0330. The van der Waals surface area contributed by atoms with Crippen LogP contribution in [0, 0.1) is 0 Å². The molecule has 1 atom stereocenters. The number of rotatable bonds is 5. The highest BCUT2D eigenvalue weighted by Gasteiger charge is 2.32. The second-order valence-corrected chi connectivity index (χ2v) is 7.71. The van der Waals surface area contributed by atoms with E-state index in [0.717, 1.165) is 24.2 Å². The molecule has 0 unspecified atom stereocenters. The fourth-order valence-corrected chi connectivity index (χ4v) is 4.92. The van der Waals surface area contributed by atoms with Crippen molar-refractivity contribution >= 4 is 33.2 Å². The van der Waals surface area contributed by atoms with Crippen LogP contribution in [0.5, 0.6) is 5.75 Å². The zero-order valence-corrected chi connectivity index (χ0v) is 14.4. The van der Waals surface area contributed by atoms with E-state index in [1.54, 1.807) is 0 Å².